The van der Waals surface area contributed by atoms with Crippen molar-refractivity contribution in [2.75, 3.05) is 13.1 Å². The summed E-state index contributed by atoms with van der Waals surface area (Å²) in [6, 6.07) is 6.18. The monoisotopic (exact) mass is 216 g/mol. The number of hydrogen-bond acceptors (Lipinski definition) is 3. The fourth-order valence-electron chi connectivity index (χ4n) is 2.29. The van der Waals surface area contributed by atoms with Crippen molar-refractivity contribution in [3.05, 3.63) is 29.7 Å². The molecule has 0 spiro atoms. The molecule has 2 aromatic rings. The van der Waals surface area contributed by atoms with Crippen LogP contribution in [0.5, 0.6) is 0 Å². The second-order valence-electron chi connectivity index (χ2n) is 4.55. The van der Waals surface area contributed by atoms with E-state index in [1.807, 2.05) is 6.07 Å². The van der Waals surface area contributed by atoms with Crippen molar-refractivity contribution in [3.63, 3.8) is 0 Å². The Morgan fingerprint density at radius 3 is 2.94 bits per heavy atom. The van der Waals surface area contributed by atoms with E-state index in [0.717, 1.165) is 42.9 Å². The molecule has 0 unspecified atom stereocenters. The molecule has 2 heterocycles. The molecule has 0 amide bonds. The summed E-state index contributed by atoms with van der Waals surface area (Å²) < 4.78 is 5.85. The molecule has 3 nitrogen and oxygen atoms in total. The largest absolute Gasteiger partial charge is 0.440 e. The molecule has 0 aliphatic carbocycles. The third kappa shape index (κ3) is 1.71. The quantitative estimate of drug-likeness (QED) is 0.796. The van der Waals surface area contributed by atoms with Gasteiger partial charge in [-0.05, 0) is 50.6 Å². The van der Waals surface area contributed by atoms with Gasteiger partial charge in [0.25, 0.3) is 0 Å². The molecule has 0 saturated carbocycles. The predicted molar refractivity (Wildman–Crippen MR) is 63.6 cm³/mol. The number of fused-ring (bicyclic) bond motifs is 1. The highest BCUT2D eigenvalue weighted by Gasteiger charge is 2.20. The second-order valence-corrected chi connectivity index (χ2v) is 4.55. The fraction of sp³-hybridized carbons (Fsp3) is 0.462. The fourth-order valence-corrected chi connectivity index (χ4v) is 2.29. The van der Waals surface area contributed by atoms with E-state index in [-0.39, 0.29) is 0 Å². The topological polar surface area (TPSA) is 38.1 Å². The van der Waals surface area contributed by atoms with Gasteiger partial charge in [-0.2, -0.15) is 0 Å². The van der Waals surface area contributed by atoms with Crippen LogP contribution in [-0.4, -0.2) is 18.1 Å². The highest BCUT2D eigenvalue weighted by molar-refractivity contribution is 5.73. The number of aryl methyl sites for hydroxylation is 1. The zero-order valence-corrected chi connectivity index (χ0v) is 9.49. The van der Waals surface area contributed by atoms with Crippen LogP contribution in [0.3, 0.4) is 0 Å². The van der Waals surface area contributed by atoms with Crippen LogP contribution in [0.2, 0.25) is 0 Å². The van der Waals surface area contributed by atoms with Crippen molar-refractivity contribution in [2.24, 2.45) is 0 Å². The first-order valence-electron chi connectivity index (χ1n) is 5.91. The lowest BCUT2D eigenvalue weighted by Gasteiger charge is -2.19. The average molecular weight is 216 g/mol. The van der Waals surface area contributed by atoms with Crippen LogP contribution >= 0.6 is 0 Å². The van der Waals surface area contributed by atoms with Gasteiger partial charge in [-0.15, -0.1) is 0 Å². The zero-order chi connectivity index (χ0) is 11.0. The zero-order valence-electron chi connectivity index (χ0n) is 9.49. The normalized spacial score (nSPS) is 18.1. The van der Waals surface area contributed by atoms with Gasteiger partial charge in [-0.1, -0.05) is 6.07 Å². The Balaban J connectivity index is 1.97. The molecule has 1 fully saturated rings. The number of aromatic nitrogens is 1. The van der Waals surface area contributed by atoms with Crippen LogP contribution in [0.4, 0.5) is 0 Å². The molecule has 1 aliphatic rings. The minimum atomic E-state index is 0.494. The third-order valence-corrected chi connectivity index (χ3v) is 3.25. The Kier molecular flexibility index (Phi) is 2.40. The highest BCUT2D eigenvalue weighted by Crippen LogP contribution is 2.27. The highest BCUT2D eigenvalue weighted by atomic mass is 16.3. The summed E-state index contributed by atoms with van der Waals surface area (Å²) in [6.07, 6.45) is 2.26. The Hall–Kier alpha value is -1.35. The first kappa shape index (κ1) is 9.85. The summed E-state index contributed by atoms with van der Waals surface area (Å²) in [5, 5.41) is 3.36. The first-order valence-corrected chi connectivity index (χ1v) is 5.91. The summed E-state index contributed by atoms with van der Waals surface area (Å²) in [5.74, 6) is 1.41. The SMILES string of the molecule is Cc1ccc2nc(C3CCNCC3)oc2c1. The summed E-state index contributed by atoms with van der Waals surface area (Å²) >= 11 is 0. The minimum Gasteiger partial charge on any atom is -0.440 e. The standard InChI is InChI=1S/C13H16N2O/c1-9-2-3-11-12(8-9)16-13(15-11)10-4-6-14-7-5-10/h2-3,8,10,14H,4-7H2,1H3. The molecular weight excluding hydrogens is 200 g/mol. The third-order valence-electron chi connectivity index (χ3n) is 3.25. The Morgan fingerprint density at radius 2 is 2.12 bits per heavy atom. The number of oxazole rings is 1. The second kappa shape index (κ2) is 3.91. The summed E-state index contributed by atoms with van der Waals surface area (Å²) in [7, 11) is 0. The molecule has 0 bridgehead atoms. The van der Waals surface area contributed by atoms with Gasteiger partial charge in [-0.3, -0.25) is 0 Å². The van der Waals surface area contributed by atoms with E-state index in [4.69, 9.17) is 4.42 Å². The van der Waals surface area contributed by atoms with E-state index in [2.05, 4.69) is 29.4 Å². The van der Waals surface area contributed by atoms with Gasteiger partial charge in [0, 0.05) is 5.92 Å². The number of nitrogens with one attached hydrogen (secondary N) is 1. The molecule has 3 rings (SSSR count). The van der Waals surface area contributed by atoms with Gasteiger partial charge >= 0.3 is 0 Å². The summed E-state index contributed by atoms with van der Waals surface area (Å²) in [6.45, 7) is 4.22. The average Bonchev–Trinajstić information content (AvgIpc) is 2.73. The van der Waals surface area contributed by atoms with Crippen molar-refractivity contribution < 1.29 is 4.42 Å². The number of benzene rings is 1. The van der Waals surface area contributed by atoms with E-state index >= 15 is 0 Å². The van der Waals surface area contributed by atoms with Crippen LogP contribution in [0.25, 0.3) is 11.1 Å². The molecule has 84 valence electrons. The van der Waals surface area contributed by atoms with E-state index in [1.165, 1.54) is 5.56 Å². The molecule has 3 heteroatoms. The van der Waals surface area contributed by atoms with Crippen molar-refractivity contribution >= 4 is 11.1 Å². The molecule has 1 aromatic carbocycles. The van der Waals surface area contributed by atoms with Crippen LogP contribution < -0.4 is 5.32 Å². The van der Waals surface area contributed by atoms with E-state index in [0.29, 0.717) is 5.92 Å². The molecule has 1 saturated heterocycles. The number of piperidine rings is 1. The van der Waals surface area contributed by atoms with Crippen molar-refractivity contribution in [1.82, 2.24) is 10.3 Å². The van der Waals surface area contributed by atoms with Gasteiger partial charge in [0.05, 0.1) is 0 Å². The maximum atomic E-state index is 5.85. The first-order chi connectivity index (χ1) is 7.83. The van der Waals surface area contributed by atoms with Gasteiger partial charge in [0.15, 0.2) is 11.5 Å². The Bertz CT molecular complexity index is 498. The van der Waals surface area contributed by atoms with Crippen LogP contribution in [0.1, 0.15) is 30.2 Å². The molecule has 0 atom stereocenters. The van der Waals surface area contributed by atoms with E-state index < -0.39 is 0 Å². The minimum absolute atomic E-state index is 0.494. The van der Waals surface area contributed by atoms with E-state index in [1.54, 1.807) is 0 Å². The Morgan fingerprint density at radius 1 is 1.31 bits per heavy atom. The molecule has 1 aromatic heterocycles. The van der Waals surface area contributed by atoms with Crippen LogP contribution in [0.15, 0.2) is 22.6 Å². The molecular formula is C13H16N2O. The maximum absolute atomic E-state index is 5.85. The van der Waals surface area contributed by atoms with Gasteiger partial charge < -0.3 is 9.73 Å². The number of nitrogens with zero attached hydrogens (tertiary/aromatic N) is 1. The maximum Gasteiger partial charge on any atom is 0.198 e. The van der Waals surface area contributed by atoms with E-state index in [9.17, 15) is 0 Å². The van der Waals surface area contributed by atoms with Crippen molar-refractivity contribution in [1.29, 1.82) is 0 Å². The number of rotatable bonds is 1. The lowest BCUT2D eigenvalue weighted by molar-refractivity contribution is 0.385. The van der Waals surface area contributed by atoms with Crippen molar-refractivity contribution in [2.45, 2.75) is 25.7 Å². The summed E-state index contributed by atoms with van der Waals surface area (Å²) in [4.78, 5) is 4.58. The smallest absolute Gasteiger partial charge is 0.198 e. The molecule has 1 N–H and O–H groups in total. The van der Waals surface area contributed by atoms with Crippen LogP contribution in [0, 0.1) is 6.92 Å². The summed E-state index contributed by atoms with van der Waals surface area (Å²) in [5.41, 5.74) is 3.13. The van der Waals surface area contributed by atoms with Gasteiger partial charge in [0.2, 0.25) is 0 Å². The molecule has 16 heavy (non-hydrogen) atoms. The lowest BCUT2D eigenvalue weighted by Crippen LogP contribution is -2.26. The predicted octanol–water partition coefficient (Wildman–Crippen LogP) is 2.60. The number of hydrogen-bond donors (Lipinski definition) is 1. The Labute approximate surface area is 94.9 Å². The molecule has 1 aliphatic heterocycles. The van der Waals surface area contributed by atoms with Gasteiger partial charge in [0.1, 0.15) is 5.52 Å². The lowest BCUT2D eigenvalue weighted by atomic mass is 9.98. The molecule has 0 radical (unpaired) electrons. The van der Waals surface area contributed by atoms with Gasteiger partial charge in [-0.25, -0.2) is 4.98 Å². The van der Waals surface area contributed by atoms with Crippen LogP contribution in [-0.2, 0) is 0 Å². The van der Waals surface area contributed by atoms with Crippen molar-refractivity contribution in [3.8, 4) is 0 Å².